The van der Waals surface area contributed by atoms with Crippen LogP contribution < -0.4 is 5.32 Å². The normalized spacial score (nSPS) is 19.5. The highest BCUT2D eigenvalue weighted by molar-refractivity contribution is 5.85. The maximum absolute atomic E-state index is 11.3. The molecule has 0 amide bonds. The summed E-state index contributed by atoms with van der Waals surface area (Å²) in [5.41, 5.74) is 0. The van der Waals surface area contributed by atoms with E-state index >= 15 is 0 Å². The van der Waals surface area contributed by atoms with E-state index in [1.54, 1.807) is 0 Å². The van der Waals surface area contributed by atoms with Crippen molar-refractivity contribution in [1.29, 1.82) is 0 Å². The summed E-state index contributed by atoms with van der Waals surface area (Å²) in [6.45, 7) is 0.610. The zero-order valence-electron chi connectivity index (χ0n) is 4.94. The first-order valence-corrected chi connectivity index (χ1v) is 2.53. The number of hydrogen-bond donors (Lipinski definition) is 1. The molecule has 1 fully saturated rings. The molecule has 0 aliphatic carbocycles. The summed E-state index contributed by atoms with van der Waals surface area (Å²) in [4.78, 5) is 0. The molecule has 1 aliphatic rings. The van der Waals surface area contributed by atoms with E-state index < -0.39 is 12.5 Å². The van der Waals surface area contributed by atoms with E-state index in [4.69, 9.17) is 0 Å². The molecule has 0 aromatic rings. The van der Waals surface area contributed by atoms with Crippen LogP contribution in [0.25, 0.3) is 0 Å². The fourth-order valence-electron chi connectivity index (χ4n) is 0.535. The molecule has 1 saturated heterocycles. The molecule has 1 heterocycles. The molecule has 2 nitrogen and oxygen atoms in total. The highest BCUT2D eigenvalue weighted by Crippen LogP contribution is 2.19. The molecule has 0 radical (unpaired) electrons. The Hall–Kier alpha value is -0.0000000000000000416. The Morgan fingerprint density at radius 2 is 1.80 bits per heavy atom. The zero-order chi connectivity index (χ0) is 6.91. The molecule has 0 unspecified atom stereocenters. The van der Waals surface area contributed by atoms with Gasteiger partial charge < -0.3 is 5.32 Å². The molecule has 0 atom stereocenters. The maximum atomic E-state index is 11.3. The van der Waals surface area contributed by atoms with Gasteiger partial charge in [-0.2, -0.15) is 0 Å². The topological polar surface area (TPSA) is 21.3 Å². The van der Waals surface area contributed by atoms with Crippen LogP contribution in [0.2, 0.25) is 0 Å². The van der Waals surface area contributed by atoms with Crippen LogP contribution in [0.4, 0.5) is 13.2 Å². The van der Waals surface area contributed by atoms with Crippen molar-refractivity contribution >= 4 is 12.4 Å². The SMILES string of the molecule is Cl.FC(F)(F)OC1CNC1. The third kappa shape index (κ3) is 3.24. The largest absolute Gasteiger partial charge is 0.522 e. The van der Waals surface area contributed by atoms with Gasteiger partial charge in [-0.1, -0.05) is 0 Å². The predicted octanol–water partition coefficient (Wildman–Crippen LogP) is 0.916. The van der Waals surface area contributed by atoms with Crippen LogP contribution in [-0.4, -0.2) is 25.6 Å². The second kappa shape index (κ2) is 3.41. The number of halogens is 4. The fraction of sp³-hybridized carbons (Fsp3) is 1.00. The molecule has 0 bridgehead atoms. The minimum absolute atomic E-state index is 0. The van der Waals surface area contributed by atoms with Crippen molar-refractivity contribution in [2.75, 3.05) is 13.1 Å². The smallest absolute Gasteiger partial charge is 0.311 e. The molecule has 0 aromatic heterocycles. The number of hydrogen-bond acceptors (Lipinski definition) is 2. The molecule has 0 saturated carbocycles. The van der Waals surface area contributed by atoms with E-state index in [0.29, 0.717) is 13.1 Å². The standard InChI is InChI=1S/C4H6F3NO.ClH/c5-4(6,7)9-3-1-8-2-3;/h3,8H,1-2H2;1H. The van der Waals surface area contributed by atoms with Crippen LogP contribution in [0.15, 0.2) is 0 Å². The van der Waals surface area contributed by atoms with Crippen molar-refractivity contribution < 1.29 is 17.9 Å². The van der Waals surface area contributed by atoms with Gasteiger partial charge in [0.05, 0.1) is 6.10 Å². The van der Waals surface area contributed by atoms with Gasteiger partial charge in [0.2, 0.25) is 0 Å². The lowest BCUT2D eigenvalue weighted by Crippen LogP contribution is -2.50. The summed E-state index contributed by atoms with van der Waals surface area (Å²) < 4.78 is 37.4. The highest BCUT2D eigenvalue weighted by atomic mass is 35.5. The molecular formula is C4H7ClF3NO. The van der Waals surface area contributed by atoms with Crippen molar-refractivity contribution in [1.82, 2.24) is 5.32 Å². The molecule has 1 aliphatic heterocycles. The Labute approximate surface area is 62.1 Å². The first-order chi connectivity index (χ1) is 4.08. The van der Waals surface area contributed by atoms with Crippen LogP contribution in [-0.2, 0) is 4.74 Å². The van der Waals surface area contributed by atoms with Gasteiger partial charge in [0.15, 0.2) is 0 Å². The van der Waals surface area contributed by atoms with Crippen molar-refractivity contribution in [3.8, 4) is 0 Å². The third-order valence-corrected chi connectivity index (χ3v) is 1.04. The minimum atomic E-state index is -4.47. The molecule has 0 aromatic carbocycles. The first kappa shape index (κ1) is 10.0. The van der Waals surface area contributed by atoms with E-state index in [1.807, 2.05) is 0 Å². The molecule has 10 heavy (non-hydrogen) atoms. The Kier molecular flexibility index (Phi) is 3.41. The van der Waals surface area contributed by atoms with Gasteiger partial charge in [-0.05, 0) is 0 Å². The van der Waals surface area contributed by atoms with Gasteiger partial charge in [-0.3, -0.25) is 4.74 Å². The second-order valence-corrected chi connectivity index (χ2v) is 1.84. The summed E-state index contributed by atoms with van der Waals surface area (Å²) in [5.74, 6) is 0. The van der Waals surface area contributed by atoms with Crippen LogP contribution in [0, 0.1) is 0 Å². The number of alkyl halides is 3. The Morgan fingerprint density at radius 1 is 1.30 bits per heavy atom. The van der Waals surface area contributed by atoms with Gasteiger partial charge in [0.1, 0.15) is 0 Å². The number of nitrogens with one attached hydrogen (secondary N) is 1. The lowest BCUT2D eigenvalue weighted by molar-refractivity contribution is -0.346. The monoisotopic (exact) mass is 177 g/mol. The van der Waals surface area contributed by atoms with E-state index in [0.717, 1.165) is 0 Å². The fourth-order valence-corrected chi connectivity index (χ4v) is 0.535. The van der Waals surface area contributed by atoms with E-state index in [2.05, 4.69) is 10.1 Å². The Bertz CT molecular complexity index is 103. The Balaban J connectivity index is 0.000000810. The number of rotatable bonds is 1. The molecular weight excluding hydrogens is 170 g/mol. The van der Waals surface area contributed by atoms with E-state index in [1.165, 1.54) is 0 Å². The summed E-state index contributed by atoms with van der Waals surface area (Å²) in [6.07, 6.45) is -5.13. The van der Waals surface area contributed by atoms with Gasteiger partial charge in [-0.25, -0.2) is 0 Å². The summed E-state index contributed by atoms with van der Waals surface area (Å²) in [7, 11) is 0. The first-order valence-electron chi connectivity index (χ1n) is 2.53. The van der Waals surface area contributed by atoms with Gasteiger partial charge >= 0.3 is 6.36 Å². The highest BCUT2D eigenvalue weighted by Gasteiger charge is 2.35. The molecule has 1 rings (SSSR count). The zero-order valence-corrected chi connectivity index (χ0v) is 5.76. The van der Waals surface area contributed by atoms with Gasteiger partial charge in [0.25, 0.3) is 0 Å². The van der Waals surface area contributed by atoms with Gasteiger partial charge in [-0.15, -0.1) is 25.6 Å². The summed E-state index contributed by atoms with van der Waals surface area (Å²) in [5, 5.41) is 2.66. The van der Waals surface area contributed by atoms with Crippen molar-refractivity contribution in [2.24, 2.45) is 0 Å². The minimum Gasteiger partial charge on any atom is -0.311 e. The summed E-state index contributed by atoms with van der Waals surface area (Å²) in [6, 6.07) is 0. The molecule has 6 heteroatoms. The van der Waals surface area contributed by atoms with Crippen molar-refractivity contribution in [3.05, 3.63) is 0 Å². The van der Waals surface area contributed by atoms with Gasteiger partial charge in [0, 0.05) is 13.1 Å². The van der Waals surface area contributed by atoms with Crippen LogP contribution >= 0.6 is 12.4 Å². The second-order valence-electron chi connectivity index (χ2n) is 1.84. The third-order valence-electron chi connectivity index (χ3n) is 1.04. The maximum Gasteiger partial charge on any atom is 0.522 e. The average molecular weight is 178 g/mol. The molecule has 0 spiro atoms. The van der Waals surface area contributed by atoms with Crippen LogP contribution in [0.1, 0.15) is 0 Å². The quantitative estimate of drug-likeness (QED) is 0.643. The van der Waals surface area contributed by atoms with Crippen molar-refractivity contribution in [3.63, 3.8) is 0 Å². The predicted molar refractivity (Wildman–Crippen MR) is 31.0 cm³/mol. The van der Waals surface area contributed by atoms with Crippen LogP contribution in [0.5, 0.6) is 0 Å². The molecule has 62 valence electrons. The lowest BCUT2D eigenvalue weighted by atomic mass is 10.2. The van der Waals surface area contributed by atoms with E-state index in [-0.39, 0.29) is 12.4 Å². The van der Waals surface area contributed by atoms with E-state index in [9.17, 15) is 13.2 Å². The average Bonchev–Trinajstić information content (AvgIpc) is 1.53. The summed E-state index contributed by atoms with van der Waals surface area (Å²) >= 11 is 0. The Morgan fingerprint density at radius 3 is 1.90 bits per heavy atom. The van der Waals surface area contributed by atoms with Crippen LogP contribution in [0.3, 0.4) is 0 Å². The lowest BCUT2D eigenvalue weighted by Gasteiger charge is -2.27. The van der Waals surface area contributed by atoms with Crippen molar-refractivity contribution in [2.45, 2.75) is 12.5 Å². The molecule has 1 N–H and O–H groups in total. The number of ether oxygens (including phenoxy) is 1.